The highest BCUT2D eigenvalue weighted by atomic mass is 31.2. The highest BCUT2D eigenvalue weighted by molar-refractivity contribution is 7.61. The molecule has 2 nitrogen and oxygen atoms in total. The molecule has 0 unspecified atom stereocenters. The minimum atomic E-state index is -8.74. The van der Waals surface area contributed by atoms with Gasteiger partial charge < -0.3 is 4.52 Å². The lowest BCUT2D eigenvalue weighted by molar-refractivity contribution is -0.272. The molecule has 0 aromatic rings. The molecule has 0 atom stereocenters. The minimum Gasteiger partial charge on any atom is -0.320 e. The van der Waals surface area contributed by atoms with Crippen LogP contribution in [0.3, 0.4) is 0 Å². The molecule has 116 valence electrons. The first-order chi connectivity index (χ1) is 9.96. The Bertz CT molecular complexity index is 493. The summed E-state index contributed by atoms with van der Waals surface area (Å²) in [7, 11) is -8.74. The molecule has 0 aromatic carbocycles. The third-order valence-corrected chi connectivity index (χ3v) is 3.93. The molecule has 0 aromatic heterocycles. The van der Waals surface area contributed by atoms with Crippen molar-refractivity contribution in [2.75, 3.05) is 6.56 Å². The lowest BCUT2D eigenvalue weighted by Gasteiger charge is -2.33. The van der Waals surface area contributed by atoms with Crippen LogP contribution in [0.2, 0.25) is 0 Å². The van der Waals surface area contributed by atoms with Gasteiger partial charge in [0, 0.05) is 4.11 Å². The van der Waals surface area contributed by atoms with Crippen LogP contribution in [0.1, 0.15) is 13.7 Å². The summed E-state index contributed by atoms with van der Waals surface area (Å²) in [6.07, 6.45) is -14.6. The van der Waals surface area contributed by atoms with Crippen molar-refractivity contribution < 1.29 is 59.8 Å². The quantitative estimate of drug-likeness (QED) is 0.554. The minimum absolute atomic E-state index is 2.56. The van der Waals surface area contributed by atoms with E-state index in [1.54, 1.807) is 0 Å². The Morgan fingerprint density at radius 2 is 1.26 bits per heavy atom. The van der Waals surface area contributed by atoms with Gasteiger partial charge in [-0.1, -0.05) is 0 Å². The first-order valence-electron chi connectivity index (χ1n) is 6.16. The molecule has 0 aliphatic carbocycles. The Balaban J connectivity index is 6.65. The molecule has 0 spiro atoms. The van der Waals surface area contributed by atoms with E-state index in [2.05, 4.69) is 4.52 Å². The lowest BCUT2D eigenvalue weighted by Crippen LogP contribution is -2.47. The molecule has 0 radical (unpaired) electrons. The summed E-state index contributed by atoms with van der Waals surface area (Å²) in [6.45, 7) is -9.38. The smallest absolute Gasteiger partial charge is 0.320 e. The molecular formula is C6H5F10O2P. The van der Waals surface area contributed by atoms with Crippen molar-refractivity contribution in [1.29, 1.82) is 0 Å². The summed E-state index contributed by atoms with van der Waals surface area (Å²) >= 11 is 0. The first kappa shape index (κ1) is 11.2. The van der Waals surface area contributed by atoms with Crippen LogP contribution in [-0.4, -0.2) is 30.2 Å². The van der Waals surface area contributed by atoms with Gasteiger partial charge in [-0.15, -0.1) is 0 Å². The van der Waals surface area contributed by atoms with Crippen molar-refractivity contribution in [2.45, 2.75) is 30.5 Å². The average molecular weight is 335 g/mol. The van der Waals surface area contributed by atoms with E-state index in [0.717, 1.165) is 0 Å². The fourth-order valence-corrected chi connectivity index (χ4v) is 2.07. The van der Waals surface area contributed by atoms with Crippen molar-refractivity contribution in [2.24, 2.45) is 0 Å². The molecule has 0 rings (SSSR count). The zero-order valence-corrected chi connectivity index (χ0v) is 8.94. The average Bonchev–Trinajstić information content (AvgIpc) is 2.22. The Labute approximate surface area is 106 Å². The zero-order valence-electron chi connectivity index (χ0n) is 13.0. The molecule has 0 aliphatic rings. The number of halogens is 10. The van der Waals surface area contributed by atoms with Crippen molar-refractivity contribution in [3.63, 3.8) is 0 Å². The van der Waals surface area contributed by atoms with E-state index < -0.39 is 44.5 Å². The highest BCUT2D eigenvalue weighted by Gasteiger charge is 2.84. The van der Waals surface area contributed by atoms with Gasteiger partial charge in [0.2, 0.25) is 0 Å². The van der Waals surface area contributed by atoms with Crippen molar-refractivity contribution in [3.05, 3.63) is 0 Å². The van der Waals surface area contributed by atoms with Crippen LogP contribution in [0.15, 0.2) is 0 Å². The fraction of sp³-hybridized carbons (Fsp3) is 1.00. The fourth-order valence-electron chi connectivity index (χ4n) is 0.689. The van der Waals surface area contributed by atoms with Crippen molar-refractivity contribution >= 4 is 7.37 Å². The second-order valence-electron chi connectivity index (χ2n) is 2.82. The summed E-state index contributed by atoms with van der Waals surface area (Å²) in [6, 6.07) is 0. The standard InChI is InChI=1S/C6H5F10O2P/c1-2-18-19(17,5(13,14)3(7,8)9)6(15,16)4(10,11)12/h2H2,1H3/i1D3,2D2. The van der Waals surface area contributed by atoms with E-state index in [4.69, 9.17) is 6.85 Å². The summed E-state index contributed by atoms with van der Waals surface area (Å²) in [5.74, 6) is 0. The van der Waals surface area contributed by atoms with Gasteiger partial charge in [0.25, 0.3) is 0 Å². The van der Waals surface area contributed by atoms with Crippen LogP contribution in [-0.2, 0) is 9.09 Å². The van der Waals surface area contributed by atoms with Crippen LogP contribution in [0.4, 0.5) is 43.9 Å². The van der Waals surface area contributed by atoms with Gasteiger partial charge in [0.15, 0.2) is 0 Å². The van der Waals surface area contributed by atoms with E-state index in [1.165, 1.54) is 0 Å². The van der Waals surface area contributed by atoms with E-state index >= 15 is 0 Å². The highest BCUT2D eigenvalue weighted by Crippen LogP contribution is 2.77. The van der Waals surface area contributed by atoms with Crippen LogP contribution in [0.25, 0.3) is 0 Å². The number of hydrogen-bond acceptors (Lipinski definition) is 2. The monoisotopic (exact) mass is 335 g/mol. The molecule has 0 heterocycles. The van der Waals surface area contributed by atoms with Crippen LogP contribution >= 0.6 is 7.37 Å². The van der Waals surface area contributed by atoms with Gasteiger partial charge in [-0.25, -0.2) is 0 Å². The predicted molar refractivity (Wildman–Crippen MR) is 41.2 cm³/mol. The summed E-state index contributed by atoms with van der Waals surface area (Å²) in [5.41, 5.74) is -14.8. The van der Waals surface area contributed by atoms with Crippen LogP contribution < -0.4 is 0 Å². The molecular weight excluding hydrogens is 325 g/mol. The van der Waals surface area contributed by atoms with Crippen LogP contribution in [0.5, 0.6) is 0 Å². The number of hydrogen-bond donors (Lipinski definition) is 0. The molecule has 0 N–H and O–H groups in total. The zero-order chi connectivity index (χ0) is 20.2. The Morgan fingerprint density at radius 3 is 1.47 bits per heavy atom. The number of rotatable bonds is 4. The van der Waals surface area contributed by atoms with E-state index in [-0.39, 0.29) is 0 Å². The van der Waals surface area contributed by atoms with Gasteiger partial charge in [-0.2, -0.15) is 43.9 Å². The van der Waals surface area contributed by atoms with Gasteiger partial charge in [-0.05, 0) is 6.85 Å². The van der Waals surface area contributed by atoms with E-state index in [9.17, 15) is 48.5 Å². The van der Waals surface area contributed by atoms with Crippen molar-refractivity contribution in [3.8, 4) is 0 Å². The van der Waals surface area contributed by atoms with Crippen molar-refractivity contribution in [1.82, 2.24) is 0 Å². The van der Waals surface area contributed by atoms with Gasteiger partial charge in [0.1, 0.15) is 0 Å². The molecule has 0 aliphatic heterocycles. The third-order valence-electron chi connectivity index (χ3n) is 1.60. The molecule has 0 amide bonds. The molecule has 0 saturated carbocycles. The molecule has 0 bridgehead atoms. The van der Waals surface area contributed by atoms with Gasteiger partial charge >= 0.3 is 31.0 Å². The number of alkyl halides is 10. The van der Waals surface area contributed by atoms with E-state index in [0.29, 0.717) is 0 Å². The summed E-state index contributed by atoms with van der Waals surface area (Å²) in [4.78, 5) is 0. The lowest BCUT2D eigenvalue weighted by atomic mass is 10.7. The van der Waals surface area contributed by atoms with E-state index in [1.807, 2.05) is 0 Å². The maximum absolute atomic E-state index is 13.1. The molecule has 0 fully saturated rings. The molecule has 19 heavy (non-hydrogen) atoms. The normalized spacial score (nSPS) is 21.1. The first-order valence-corrected chi connectivity index (χ1v) is 5.28. The summed E-state index contributed by atoms with van der Waals surface area (Å²) < 4.78 is 171. The Morgan fingerprint density at radius 1 is 0.947 bits per heavy atom. The summed E-state index contributed by atoms with van der Waals surface area (Å²) in [5, 5.41) is 0. The Hall–Kier alpha value is -0.510. The maximum Gasteiger partial charge on any atom is 0.463 e. The second-order valence-corrected chi connectivity index (χ2v) is 5.23. The van der Waals surface area contributed by atoms with Crippen LogP contribution in [0, 0.1) is 0 Å². The van der Waals surface area contributed by atoms with Gasteiger partial charge in [0.05, 0.1) is 9.30 Å². The topological polar surface area (TPSA) is 26.3 Å². The maximum atomic E-state index is 13.1. The van der Waals surface area contributed by atoms with Gasteiger partial charge in [-0.3, -0.25) is 4.57 Å². The largest absolute Gasteiger partial charge is 0.463 e. The SMILES string of the molecule is [2H]C([2H])([2H])C([2H])([2H])OP(=O)(C(F)(F)C(F)(F)F)C(F)(F)C(F)(F)F. The third kappa shape index (κ3) is 2.69. The Kier molecular flexibility index (Phi) is 2.82. The second kappa shape index (κ2) is 4.80. The predicted octanol–water partition coefficient (Wildman–Crippen LogP) is 4.61. The molecule has 13 heteroatoms. The molecule has 0 saturated heterocycles.